The van der Waals surface area contributed by atoms with Crippen LogP contribution in [-0.2, 0) is 6.54 Å². The highest BCUT2D eigenvalue weighted by Crippen LogP contribution is 2.17. The average Bonchev–Trinajstić information content (AvgIpc) is 2.89. The predicted octanol–water partition coefficient (Wildman–Crippen LogP) is 1.42. The van der Waals surface area contributed by atoms with Gasteiger partial charge in [-0.15, -0.1) is 0 Å². The zero-order valence-corrected chi connectivity index (χ0v) is 11.8. The molecule has 21 heavy (non-hydrogen) atoms. The number of hydrogen-bond acceptors (Lipinski definition) is 5. The number of aryl methyl sites for hydroxylation is 1. The van der Waals surface area contributed by atoms with Crippen LogP contribution in [0.4, 0.5) is 5.69 Å². The van der Waals surface area contributed by atoms with Crippen molar-refractivity contribution in [3.63, 3.8) is 0 Å². The van der Waals surface area contributed by atoms with Crippen molar-refractivity contribution in [3.05, 3.63) is 57.9 Å². The second-order valence-corrected chi connectivity index (χ2v) is 4.85. The zero-order valence-electron chi connectivity index (χ0n) is 11.8. The monoisotopic (exact) mass is 290 g/mol. The first kappa shape index (κ1) is 15.1. The number of aliphatic hydroxyl groups excluding tert-OH is 1. The highest BCUT2D eigenvalue weighted by Gasteiger charge is 2.10. The molecule has 2 aromatic rings. The van der Waals surface area contributed by atoms with E-state index in [4.69, 9.17) is 0 Å². The van der Waals surface area contributed by atoms with Crippen LogP contribution in [0, 0.1) is 17.0 Å². The van der Waals surface area contributed by atoms with Crippen LogP contribution in [0.3, 0.4) is 0 Å². The number of aromatic nitrogens is 2. The van der Waals surface area contributed by atoms with Crippen LogP contribution in [0.15, 0.2) is 36.7 Å². The SMILES string of the molecule is Cc1cnn(CCNCC(O)c2ccc([N+](=O)[O-])cc2)c1. The smallest absolute Gasteiger partial charge is 0.269 e. The van der Waals surface area contributed by atoms with E-state index < -0.39 is 11.0 Å². The maximum atomic E-state index is 10.6. The van der Waals surface area contributed by atoms with Gasteiger partial charge in [0.25, 0.3) is 5.69 Å². The number of nitro benzene ring substituents is 1. The van der Waals surface area contributed by atoms with Crippen molar-refractivity contribution < 1.29 is 10.0 Å². The van der Waals surface area contributed by atoms with Gasteiger partial charge in [0.05, 0.1) is 23.8 Å². The molecular weight excluding hydrogens is 272 g/mol. The quantitative estimate of drug-likeness (QED) is 0.457. The minimum Gasteiger partial charge on any atom is -0.387 e. The molecule has 0 aliphatic carbocycles. The number of nitro groups is 1. The molecule has 0 radical (unpaired) electrons. The van der Waals surface area contributed by atoms with E-state index in [2.05, 4.69) is 10.4 Å². The molecule has 0 spiro atoms. The van der Waals surface area contributed by atoms with E-state index in [1.165, 1.54) is 12.1 Å². The van der Waals surface area contributed by atoms with E-state index in [9.17, 15) is 15.2 Å². The second kappa shape index (κ2) is 6.96. The fraction of sp³-hybridized carbons (Fsp3) is 0.357. The van der Waals surface area contributed by atoms with Gasteiger partial charge in [0.2, 0.25) is 0 Å². The van der Waals surface area contributed by atoms with Crippen molar-refractivity contribution in [2.24, 2.45) is 0 Å². The van der Waals surface area contributed by atoms with Crippen molar-refractivity contribution in [1.82, 2.24) is 15.1 Å². The van der Waals surface area contributed by atoms with Crippen molar-refractivity contribution in [2.45, 2.75) is 19.6 Å². The molecule has 0 amide bonds. The molecule has 0 aliphatic rings. The molecule has 0 saturated heterocycles. The van der Waals surface area contributed by atoms with Crippen molar-refractivity contribution in [2.75, 3.05) is 13.1 Å². The number of nitrogens with one attached hydrogen (secondary N) is 1. The minimum atomic E-state index is -0.690. The Kier molecular flexibility index (Phi) is 5.02. The van der Waals surface area contributed by atoms with Crippen molar-refractivity contribution in [1.29, 1.82) is 0 Å². The number of rotatable bonds is 7. The van der Waals surface area contributed by atoms with Crippen LogP contribution < -0.4 is 5.32 Å². The average molecular weight is 290 g/mol. The molecule has 0 aliphatic heterocycles. The summed E-state index contributed by atoms with van der Waals surface area (Å²) >= 11 is 0. The van der Waals surface area contributed by atoms with Gasteiger partial charge in [-0.25, -0.2) is 0 Å². The maximum Gasteiger partial charge on any atom is 0.269 e. The number of nitrogens with zero attached hydrogens (tertiary/aromatic N) is 3. The molecule has 7 heteroatoms. The Balaban J connectivity index is 1.76. The summed E-state index contributed by atoms with van der Waals surface area (Å²) in [6.45, 7) is 3.78. The van der Waals surface area contributed by atoms with Gasteiger partial charge in [0.15, 0.2) is 0 Å². The lowest BCUT2D eigenvalue weighted by molar-refractivity contribution is -0.384. The lowest BCUT2D eigenvalue weighted by atomic mass is 10.1. The normalized spacial score (nSPS) is 12.3. The fourth-order valence-electron chi connectivity index (χ4n) is 1.96. The van der Waals surface area contributed by atoms with E-state index in [0.29, 0.717) is 18.7 Å². The van der Waals surface area contributed by atoms with E-state index >= 15 is 0 Å². The molecule has 2 rings (SSSR count). The van der Waals surface area contributed by atoms with E-state index in [-0.39, 0.29) is 5.69 Å². The van der Waals surface area contributed by atoms with Crippen LogP contribution in [0.1, 0.15) is 17.2 Å². The molecule has 2 N–H and O–H groups in total. The standard InChI is InChI=1S/C14H18N4O3/c1-11-8-16-17(10-11)7-6-15-9-14(19)12-2-4-13(5-3-12)18(20)21/h2-5,8,10,14-15,19H,6-7,9H2,1H3. The van der Waals surface area contributed by atoms with Gasteiger partial charge in [-0.3, -0.25) is 14.8 Å². The lowest BCUT2D eigenvalue weighted by Crippen LogP contribution is -2.25. The summed E-state index contributed by atoms with van der Waals surface area (Å²) in [5, 5.41) is 27.8. The van der Waals surface area contributed by atoms with Gasteiger partial charge in [-0.05, 0) is 30.2 Å². The largest absolute Gasteiger partial charge is 0.387 e. The number of benzene rings is 1. The lowest BCUT2D eigenvalue weighted by Gasteiger charge is -2.12. The first-order valence-corrected chi connectivity index (χ1v) is 6.68. The van der Waals surface area contributed by atoms with Gasteiger partial charge < -0.3 is 10.4 Å². The highest BCUT2D eigenvalue weighted by atomic mass is 16.6. The van der Waals surface area contributed by atoms with Crippen LogP contribution >= 0.6 is 0 Å². The Morgan fingerprint density at radius 3 is 2.71 bits per heavy atom. The Morgan fingerprint density at radius 1 is 1.43 bits per heavy atom. The second-order valence-electron chi connectivity index (χ2n) is 4.85. The van der Waals surface area contributed by atoms with Gasteiger partial charge in [-0.1, -0.05) is 0 Å². The van der Waals surface area contributed by atoms with E-state index in [1.54, 1.807) is 18.3 Å². The summed E-state index contributed by atoms with van der Waals surface area (Å²) in [6, 6.07) is 5.93. The summed E-state index contributed by atoms with van der Waals surface area (Å²) in [5.41, 5.74) is 1.79. The Hall–Kier alpha value is -2.25. The highest BCUT2D eigenvalue weighted by molar-refractivity contribution is 5.33. The van der Waals surface area contributed by atoms with Crippen molar-refractivity contribution in [3.8, 4) is 0 Å². The number of aliphatic hydroxyl groups is 1. The van der Waals surface area contributed by atoms with Crippen LogP contribution in [0.5, 0.6) is 0 Å². The van der Waals surface area contributed by atoms with Crippen LogP contribution in [0.25, 0.3) is 0 Å². The Morgan fingerprint density at radius 2 is 2.14 bits per heavy atom. The van der Waals surface area contributed by atoms with Gasteiger partial charge in [0.1, 0.15) is 0 Å². The molecule has 112 valence electrons. The van der Waals surface area contributed by atoms with E-state index in [0.717, 1.165) is 12.1 Å². The van der Waals surface area contributed by atoms with Gasteiger partial charge >= 0.3 is 0 Å². The molecule has 0 bridgehead atoms. The topological polar surface area (TPSA) is 93.2 Å². The Labute approximate surface area is 122 Å². The molecule has 0 fully saturated rings. The van der Waals surface area contributed by atoms with Crippen LogP contribution in [0.2, 0.25) is 0 Å². The van der Waals surface area contributed by atoms with Gasteiger partial charge in [-0.2, -0.15) is 5.10 Å². The fourth-order valence-corrected chi connectivity index (χ4v) is 1.96. The molecule has 1 unspecified atom stereocenters. The van der Waals surface area contributed by atoms with Crippen LogP contribution in [-0.4, -0.2) is 32.9 Å². The predicted molar refractivity (Wildman–Crippen MR) is 77.9 cm³/mol. The third kappa shape index (κ3) is 4.37. The third-order valence-electron chi connectivity index (χ3n) is 3.11. The molecule has 1 aromatic carbocycles. The summed E-state index contributed by atoms with van der Waals surface area (Å²) < 4.78 is 1.83. The first-order valence-electron chi connectivity index (χ1n) is 6.68. The summed E-state index contributed by atoms with van der Waals surface area (Å²) in [7, 11) is 0. The maximum absolute atomic E-state index is 10.6. The molecular formula is C14H18N4O3. The molecule has 1 heterocycles. The zero-order chi connectivity index (χ0) is 15.2. The third-order valence-corrected chi connectivity index (χ3v) is 3.11. The molecule has 1 aromatic heterocycles. The summed E-state index contributed by atoms with van der Waals surface area (Å²) in [4.78, 5) is 10.1. The van der Waals surface area contributed by atoms with E-state index in [1.807, 2.05) is 17.8 Å². The molecule has 0 saturated carbocycles. The first-order chi connectivity index (χ1) is 10.1. The Bertz CT molecular complexity index is 595. The summed E-state index contributed by atoms with van der Waals surface area (Å²) in [5.74, 6) is 0. The number of non-ortho nitro benzene ring substituents is 1. The van der Waals surface area contributed by atoms with Crippen molar-refractivity contribution >= 4 is 5.69 Å². The van der Waals surface area contributed by atoms with Gasteiger partial charge in [0, 0.05) is 31.4 Å². The number of hydrogen-bond donors (Lipinski definition) is 2. The minimum absolute atomic E-state index is 0.0213. The molecule has 7 nitrogen and oxygen atoms in total. The summed E-state index contributed by atoms with van der Waals surface area (Å²) in [6.07, 6.45) is 3.06. The molecule has 1 atom stereocenters.